The first-order chi connectivity index (χ1) is 15.8. The summed E-state index contributed by atoms with van der Waals surface area (Å²) in [6.45, 7) is 3.41. The third-order valence-electron chi connectivity index (χ3n) is 5.77. The van der Waals surface area contributed by atoms with E-state index in [1.165, 1.54) is 23.1 Å². The summed E-state index contributed by atoms with van der Waals surface area (Å²) in [6.07, 6.45) is 0. The molecule has 2 aromatic rings. The molecule has 2 aromatic carbocycles. The van der Waals surface area contributed by atoms with Gasteiger partial charge < -0.3 is 19.8 Å². The zero-order valence-electron chi connectivity index (χ0n) is 17.4. The highest BCUT2D eigenvalue weighted by Gasteiger charge is 2.46. The Kier molecular flexibility index (Phi) is 7.16. The van der Waals surface area contributed by atoms with Gasteiger partial charge in [-0.2, -0.15) is 0 Å². The summed E-state index contributed by atoms with van der Waals surface area (Å²) in [7, 11) is 0. The number of aliphatic hydroxyl groups excluding tert-OH is 1. The Bertz CT molecular complexity index is 1130. The van der Waals surface area contributed by atoms with E-state index in [-0.39, 0.29) is 33.5 Å². The number of aliphatic hydroxyl groups is 1. The topological polar surface area (TPSA) is 90.3 Å². The Morgan fingerprint density at radius 1 is 1.00 bits per heavy atom. The van der Waals surface area contributed by atoms with Crippen LogP contribution in [0.3, 0.4) is 0 Å². The molecule has 0 radical (unpaired) electrons. The van der Waals surface area contributed by atoms with E-state index < -0.39 is 23.5 Å². The van der Waals surface area contributed by atoms with Gasteiger partial charge in [-0.3, -0.25) is 14.5 Å². The lowest BCUT2D eigenvalue weighted by atomic mass is 9.95. The molecule has 7 nitrogen and oxygen atoms in total. The largest absolute Gasteiger partial charge is 0.507 e. The number of rotatable bonds is 5. The molecule has 0 spiro atoms. The number of halogens is 3. The van der Waals surface area contributed by atoms with Gasteiger partial charge in [0.05, 0.1) is 40.4 Å². The summed E-state index contributed by atoms with van der Waals surface area (Å²) in [5.41, 5.74) is 0.310. The molecule has 2 fully saturated rings. The van der Waals surface area contributed by atoms with Gasteiger partial charge in [-0.1, -0.05) is 40.9 Å². The number of aromatic hydroxyl groups is 1. The number of amides is 1. The molecule has 4 rings (SSSR count). The van der Waals surface area contributed by atoms with Crippen LogP contribution in [-0.2, 0) is 14.3 Å². The van der Waals surface area contributed by atoms with Crippen molar-refractivity contribution < 1.29 is 24.5 Å². The average molecular weight is 512 g/mol. The lowest BCUT2D eigenvalue weighted by molar-refractivity contribution is -0.140. The van der Waals surface area contributed by atoms with Crippen molar-refractivity contribution in [3.8, 4) is 5.75 Å². The summed E-state index contributed by atoms with van der Waals surface area (Å²) < 4.78 is 5.36. The van der Waals surface area contributed by atoms with Gasteiger partial charge in [0.15, 0.2) is 0 Å². The zero-order valence-corrected chi connectivity index (χ0v) is 19.7. The molecular weight excluding hydrogens is 491 g/mol. The predicted molar refractivity (Wildman–Crippen MR) is 126 cm³/mol. The number of likely N-dealkylation sites (tertiary alicyclic amines) is 1. The van der Waals surface area contributed by atoms with Crippen molar-refractivity contribution >= 4 is 52.3 Å². The van der Waals surface area contributed by atoms with Crippen molar-refractivity contribution in [1.82, 2.24) is 9.80 Å². The van der Waals surface area contributed by atoms with Crippen LogP contribution >= 0.6 is 34.8 Å². The molecule has 0 aromatic heterocycles. The Morgan fingerprint density at radius 2 is 1.73 bits per heavy atom. The number of Topliss-reactive ketones (excluding diaryl/α,β-unsaturated/α-hetero) is 1. The highest BCUT2D eigenvalue weighted by molar-refractivity contribution is 6.47. The molecule has 2 aliphatic heterocycles. The Labute approximate surface area is 205 Å². The maximum Gasteiger partial charge on any atom is 0.295 e. The van der Waals surface area contributed by atoms with Crippen LogP contribution < -0.4 is 0 Å². The lowest BCUT2D eigenvalue weighted by Crippen LogP contribution is -2.42. The lowest BCUT2D eigenvalue weighted by Gasteiger charge is -2.31. The number of phenolic OH excluding ortho intramolecular Hbond substituents is 1. The Balaban J connectivity index is 1.79. The predicted octanol–water partition coefficient (Wildman–Crippen LogP) is 4.11. The fourth-order valence-electron chi connectivity index (χ4n) is 4.06. The molecule has 2 heterocycles. The van der Waals surface area contributed by atoms with Crippen molar-refractivity contribution in [2.45, 2.75) is 6.04 Å². The van der Waals surface area contributed by atoms with Crippen molar-refractivity contribution in [1.29, 1.82) is 0 Å². The minimum Gasteiger partial charge on any atom is -0.507 e. The zero-order chi connectivity index (χ0) is 23.7. The minimum absolute atomic E-state index is 0.0428. The summed E-state index contributed by atoms with van der Waals surface area (Å²) in [5, 5.41) is 22.2. The molecular formula is C23H21Cl3N2O5. The van der Waals surface area contributed by atoms with E-state index in [1.54, 1.807) is 18.2 Å². The second-order valence-electron chi connectivity index (χ2n) is 7.78. The third kappa shape index (κ3) is 4.83. The molecule has 10 heteroatoms. The van der Waals surface area contributed by atoms with Crippen LogP contribution in [0.25, 0.3) is 5.76 Å². The molecule has 1 unspecified atom stereocenters. The summed E-state index contributed by atoms with van der Waals surface area (Å²) in [5.74, 6) is -2.39. The van der Waals surface area contributed by atoms with Crippen molar-refractivity contribution in [3.05, 3.63) is 68.2 Å². The molecule has 2 N–H and O–H groups in total. The van der Waals surface area contributed by atoms with Crippen LogP contribution in [0.5, 0.6) is 5.75 Å². The van der Waals surface area contributed by atoms with Gasteiger partial charge in [-0.25, -0.2) is 0 Å². The molecule has 0 saturated carbocycles. The van der Waals surface area contributed by atoms with Gasteiger partial charge in [0, 0.05) is 31.2 Å². The van der Waals surface area contributed by atoms with Crippen LogP contribution in [0.1, 0.15) is 17.2 Å². The van der Waals surface area contributed by atoms with Gasteiger partial charge in [0.2, 0.25) is 0 Å². The van der Waals surface area contributed by atoms with Crippen LogP contribution in [0.4, 0.5) is 0 Å². The standard InChI is InChI=1S/C23H21Cl3N2O5/c24-14-2-4-18(29)15(12-14)21(30)19-20(13-1-3-16(25)17(26)11-13)28(23(32)22(19)31)6-5-27-7-9-33-10-8-27/h1-4,11-12,20,29-30H,5-10H2. The Hall–Kier alpha value is -2.29. The molecule has 1 amide bonds. The fraction of sp³-hybridized carbons (Fsp3) is 0.304. The number of carbonyl (C=O) groups is 2. The van der Waals surface area contributed by atoms with Crippen molar-refractivity contribution in [3.63, 3.8) is 0 Å². The quantitative estimate of drug-likeness (QED) is 0.357. The van der Waals surface area contributed by atoms with Gasteiger partial charge in [0.25, 0.3) is 11.7 Å². The molecule has 2 aliphatic rings. The summed E-state index contributed by atoms with van der Waals surface area (Å²) in [6, 6.07) is 7.95. The van der Waals surface area contributed by atoms with Crippen LogP contribution in [0.2, 0.25) is 15.1 Å². The first kappa shape index (κ1) is 23.9. The van der Waals surface area contributed by atoms with E-state index in [9.17, 15) is 19.8 Å². The smallest absolute Gasteiger partial charge is 0.295 e. The minimum atomic E-state index is -0.917. The number of benzene rings is 2. The molecule has 174 valence electrons. The molecule has 2 saturated heterocycles. The number of ketones is 1. The molecule has 0 aliphatic carbocycles. The van der Waals surface area contributed by atoms with Crippen LogP contribution in [-0.4, -0.2) is 71.1 Å². The number of morpholine rings is 1. The number of carbonyl (C=O) groups excluding carboxylic acids is 2. The first-order valence-electron chi connectivity index (χ1n) is 10.3. The molecule has 33 heavy (non-hydrogen) atoms. The first-order valence-corrected chi connectivity index (χ1v) is 11.4. The maximum absolute atomic E-state index is 13.1. The van der Waals surface area contributed by atoms with E-state index >= 15 is 0 Å². The maximum atomic E-state index is 13.1. The number of hydrogen-bond donors (Lipinski definition) is 2. The molecule has 1 atom stereocenters. The van der Waals surface area contributed by atoms with Gasteiger partial charge in [-0.05, 0) is 35.9 Å². The Morgan fingerprint density at radius 3 is 2.42 bits per heavy atom. The van der Waals surface area contributed by atoms with E-state index in [2.05, 4.69) is 4.90 Å². The normalized spacial score (nSPS) is 21.1. The van der Waals surface area contributed by atoms with Crippen LogP contribution in [0, 0.1) is 0 Å². The average Bonchev–Trinajstić information content (AvgIpc) is 3.06. The van der Waals surface area contributed by atoms with Gasteiger partial charge >= 0.3 is 0 Å². The second kappa shape index (κ2) is 9.91. The van der Waals surface area contributed by atoms with E-state index in [0.29, 0.717) is 30.3 Å². The fourth-order valence-corrected chi connectivity index (χ4v) is 4.54. The number of ether oxygens (including phenoxy) is 1. The highest BCUT2D eigenvalue weighted by Crippen LogP contribution is 2.42. The second-order valence-corrected chi connectivity index (χ2v) is 9.03. The van der Waals surface area contributed by atoms with E-state index in [0.717, 1.165) is 13.1 Å². The number of hydrogen-bond acceptors (Lipinski definition) is 6. The van der Waals surface area contributed by atoms with Gasteiger partial charge in [0.1, 0.15) is 11.5 Å². The summed E-state index contributed by atoms with van der Waals surface area (Å²) >= 11 is 18.3. The third-order valence-corrected chi connectivity index (χ3v) is 6.75. The van der Waals surface area contributed by atoms with Crippen molar-refractivity contribution in [2.75, 3.05) is 39.4 Å². The summed E-state index contributed by atoms with van der Waals surface area (Å²) in [4.78, 5) is 29.7. The molecule has 0 bridgehead atoms. The number of nitrogens with zero attached hydrogens (tertiary/aromatic N) is 2. The van der Waals surface area contributed by atoms with Gasteiger partial charge in [-0.15, -0.1) is 0 Å². The van der Waals surface area contributed by atoms with E-state index in [1.807, 2.05) is 0 Å². The van der Waals surface area contributed by atoms with Crippen LogP contribution in [0.15, 0.2) is 42.0 Å². The van der Waals surface area contributed by atoms with Crippen molar-refractivity contribution in [2.24, 2.45) is 0 Å². The number of phenols is 1. The highest BCUT2D eigenvalue weighted by atomic mass is 35.5. The SMILES string of the molecule is O=C1C(=O)N(CCN2CCOCC2)C(c2ccc(Cl)c(Cl)c2)C1=C(O)c1cc(Cl)ccc1O. The monoisotopic (exact) mass is 510 g/mol. The van der Waals surface area contributed by atoms with E-state index in [4.69, 9.17) is 39.5 Å².